The van der Waals surface area contributed by atoms with E-state index >= 15 is 0 Å². The summed E-state index contributed by atoms with van der Waals surface area (Å²) >= 11 is 1.54. The van der Waals surface area contributed by atoms with Gasteiger partial charge in [0.15, 0.2) is 18.1 Å². The van der Waals surface area contributed by atoms with Gasteiger partial charge in [0.25, 0.3) is 5.91 Å². The summed E-state index contributed by atoms with van der Waals surface area (Å²) in [6.07, 6.45) is 0. The maximum absolute atomic E-state index is 12.3. The van der Waals surface area contributed by atoms with Crippen molar-refractivity contribution in [3.05, 3.63) is 40.1 Å². The van der Waals surface area contributed by atoms with E-state index in [1.807, 2.05) is 24.4 Å². The van der Waals surface area contributed by atoms with Crippen molar-refractivity contribution in [2.75, 3.05) is 27.9 Å². The van der Waals surface area contributed by atoms with Gasteiger partial charge in [-0.3, -0.25) is 4.79 Å². The van der Waals surface area contributed by atoms with Crippen molar-refractivity contribution in [3.63, 3.8) is 0 Å². The number of methoxy groups -OCH3 is 3. The summed E-state index contributed by atoms with van der Waals surface area (Å²) in [6.45, 7) is 1.47. The Hall–Kier alpha value is -2.74. The van der Waals surface area contributed by atoms with Crippen LogP contribution in [-0.4, -0.2) is 39.8 Å². The Morgan fingerprint density at radius 1 is 1.08 bits per heavy atom. The van der Waals surface area contributed by atoms with Crippen molar-refractivity contribution in [2.24, 2.45) is 0 Å². The average Bonchev–Trinajstić information content (AvgIpc) is 3.19. The molecule has 140 valence electrons. The van der Waals surface area contributed by atoms with Crippen LogP contribution in [-0.2, 0) is 9.53 Å². The number of amides is 1. The third kappa shape index (κ3) is 4.45. The van der Waals surface area contributed by atoms with Gasteiger partial charge in [-0.1, -0.05) is 6.07 Å². The smallest absolute Gasteiger partial charge is 0.342 e. The molecule has 1 unspecified atom stereocenters. The number of thiophene rings is 1. The highest BCUT2D eigenvalue weighted by Crippen LogP contribution is 2.39. The molecule has 1 aromatic heterocycles. The van der Waals surface area contributed by atoms with Crippen LogP contribution in [0, 0.1) is 0 Å². The maximum atomic E-state index is 12.3. The van der Waals surface area contributed by atoms with Crippen molar-refractivity contribution < 1.29 is 28.5 Å². The van der Waals surface area contributed by atoms with Crippen LogP contribution >= 0.6 is 11.3 Å². The predicted molar refractivity (Wildman–Crippen MR) is 97.3 cm³/mol. The second-order valence-electron chi connectivity index (χ2n) is 5.26. The molecule has 1 N–H and O–H groups in total. The molecule has 8 heteroatoms. The number of ether oxygens (including phenoxy) is 4. The van der Waals surface area contributed by atoms with E-state index in [1.165, 1.54) is 27.4 Å². The number of hydrogen-bond donors (Lipinski definition) is 1. The Bertz CT molecular complexity index is 759. The lowest BCUT2D eigenvalue weighted by molar-refractivity contribution is -0.124. The van der Waals surface area contributed by atoms with Gasteiger partial charge < -0.3 is 24.3 Å². The van der Waals surface area contributed by atoms with Gasteiger partial charge in [0.05, 0.1) is 27.4 Å². The minimum Gasteiger partial charge on any atom is -0.493 e. The third-order valence-electron chi connectivity index (χ3n) is 3.61. The Labute approximate surface area is 155 Å². The average molecular weight is 379 g/mol. The summed E-state index contributed by atoms with van der Waals surface area (Å²) in [7, 11) is 4.33. The molecule has 0 aliphatic carbocycles. The predicted octanol–water partition coefficient (Wildman–Crippen LogP) is 2.81. The van der Waals surface area contributed by atoms with Crippen molar-refractivity contribution in [1.82, 2.24) is 5.32 Å². The molecular formula is C18H21NO6S. The quantitative estimate of drug-likeness (QED) is 0.710. The van der Waals surface area contributed by atoms with Gasteiger partial charge in [-0.05, 0) is 30.5 Å². The summed E-state index contributed by atoms with van der Waals surface area (Å²) in [5, 5.41) is 4.71. The zero-order chi connectivity index (χ0) is 19.1. The first kappa shape index (κ1) is 19.6. The number of hydrogen-bond acceptors (Lipinski definition) is 7. The highest BCUT2D eigenvalue weighted by molar-refractivity contribution is 7.10. The van der Waals surface area contributed by atoms with Crippen LogP contribution in [0.4, 0.5) is 0 Å². The molecule has 7 nitrogen and oxygen atoms in total. The molecule has 0 saturated carbocycles. The monoisotopic (exact) mass is 379 g/mol. The van der Waals surface area contributed by atoms with E-state index in [2.05, 4.69) is 5.32 Å². The van der Waals surface area contributed by atoms with E-state index in [4.69, 9.17) is 18.9 Å². The summed E-state index contributed by atoms with van der Waals surface area (Å²) in [5.74, 6) is -0.201. The molecule has 0 aliphatic rings. The Kier molecular flexibility index (Phi) is 6.85. The fraction of sp³-hybridized carbons (Fsp3) is 0.333. The lowest BCUT2D eigenvalue weighted by Gasteiger charge is -2.15. The molecule has 1 heterocycles. The van der Waals surface area contributed by atoms with Gasteiger partial charge in [0.1, 0.15) is 5.56 Å². The van der Waals surface area contributed by atoms with E-state index in [9.17, 15) is 9.59 Å². The topological polar surface area (TPSA) is 83.1 Å². The molecule has 0 saturated heterocycles. The van der Waals surface area contributed by atoms with Crippen molar-refractivity contribution in [1.29, 1.82) is 0 Å². The molecule has 0 aliphatic heterocycles. The van der Waals surface area contributed by atoms with E-state index in [0.717, 1.165) is 4.88 Å². The lowest BCUT2D eigenvalue weighted by Crippen LogP contribution is -2.30. The van der Waals surface area contributed by atoms with Crippen molar-refractivity contribution >= 4 is 23.2 Å². The first-order valence-corrected chi connectivity index (χ1v) is 8.68. The first-order chi connectivity index (χ1) is 12.5. The SMILES string of the molecule is COc1ccc(C(=O)OCC(=O)NC(C)c2cccs2)c(OC)c1OC. The Morgan fingerprint density at radius 3 is 2.38 bits per heavy atom. The van der Waals surface area contributed by atoms with Crippen LogP contribution in [0.15, 0.2) is 29.6 Å². The molecule has 0 spiro atoms. The number of benzene rings is 1. The van der Waals surface area contributed by atoms with Gasteiger partial charge in [0, 0.05) is 4.88 Å². The Balaban J connectivity index is 2.02. The van der Waals surface area contributed by atoms with E-state index in [-0.39, 0.29) is 23.1 Å². The molecule has 26 heavy (non-hydrogen) atoms. The lowest BCUT2D eigenvalue weighted by atomic mass is 10.1. The highest BCUT2D eigenvalue weighted by Gasteiger charge is 2.22. The fourth-order valence-electron chi connectivity index (χ4n) is 2.36. The molecule has 0 bridgehead atoms. The zero-order valence-electron chi connectivity index (χ0n) is 15.0. The second kappa shape index (κ2) is 9.10. The van der Waals surface area contributed by atoms with Gasteiger partial charge in [-0.25, -0.2) is 4.79 Å². The van der Waals surface area contributed by atoms with Crippen LogP contribution in [0.5, 0.6) is 17.2 Å². The van der Waals surface area contributed by atoms with E-state index < -0.39 is 18.5 Å². The number of rotatable bonds is 8. The summed E-state index contributed by atoms with van der Waals surface area (Å²) in [6, 6.07) is 6.74. The Morgan fingerprint density at radius 2 is 1.81 bits per heavy atom. The molecule has 0 radical (unpaired) electrons. The van der Waals surface area contributed by atoms with Crippen LogP contribution in [0.1, 0.15) is 28.2 Å². The van der Waals surface area contributed by atoms with Crippen LogP contribution < -0.4 is 19.5 Å². The van der Waals surface area contributed by atoms with Crippen LogP contribution in [0.25, 0.3) is 0 Å². The number of nitrogens with one attached hydrogen (secondary N) is 1. The molecular weight excluding hydrogens is 358 g/mol. The van der Waals surface area contributed by atoms with Crippen molar-refractivity contribution in [2.45, 2.75) is 13.0 Å². The second-order valence-corrected chi connectivity index (χ2v) is 6.24. The normalized spacial score (nSPS) is 11.4. The van der Waals surface area contributed by atoms with Crippen LogP contribution in [0.2, 0.25) is 0 Å². The standard InChI is InChI=1S/C18H21NO6S/c1-11(14-6-5-9-26-14)19-15(20)10-25-18(21)12-7-8-13(22-2)17(24-4)16(12)23-3/h5-9,11H,10H2,1-4H3,(H,19,20). The van der Waals surface area contributed by atoms with E-state index in [1.54, 1.807) is 17.4 Å². The number of esters is 1. The minimum atomic E-state index is -0.693. The summed E-state index contributed by atoms with van der Waals surface area (Å²) in [4.78, 5) is 25.4. The summed E-state index contributed by atoms with van der Waals surface area (Å²) in [5.41, 5.74) is 0.143. The minimum absolute atomic E-state index is 0.143. The van der Waals surface area contributed by atoms with Gasteiger partial charge in [0.2, 0.25) is 5.75 Å². The molecule has 2 rings (SSSR count). The molecule has 1 atom stereocenters. The zero-order valence-corrected chi connectivity index (χ0v) is 15.8. The molecule has 0 fully saturated rings. The fourth-order valence-corrected chi connectivity index (χ4v) is 3.10. The van der Waals surface area contributed by atoms with Gasteiger partial charge in [-0.15, -0.1) is 11.3 Å². The van der Waals surface area contributed by atoms with Gasteiger partial charge in [-0.2, -0.15) is 0 Å². The molecule has 1 aromatic carbocycles. The number of carbonyl (C=O) groups excluding carboxylic acids is 2. The van der Waals surface area contributed by atoms with Crippen LogP contribution in [0.3, 0.4) is 0 Å². The van der Waals surface area contributed by atoms with Crippen molar-refractivity contribution in [3.8, 4) is 17.2 Å². The largest absolute Gasteiger partial charge is 0.493 e. The van der Waals surface area contributed by atoms with Gasteiger partial charge >= 0.3 is 5.97 Å². The molecule has 1 amide bonds. The summed E-state index contributed by atoms with van der Waals surface area (Å²) < 4.78 is 20.7. The highest BCUT2D eigenvalue weighted by atomic mass is 32.1. The maximum Gasteiger partial charge on any atom is 0.342 e. The third-order valence-corrected chi connectivity index (χ3v) is 4.66. The van der Waals surface area contributed by atoms with E-state index in [0.29, 0.717) is 5.75 Å². The molecule has 2 aromatic rings. The number of carbonyl (C=O) groups is 2. The first-order valence-electron chi connectivity index (χ1n) is 7.80.